The van der Waals surface area contributed by atoms with E-state index in [1.54, 1.807) is 6.20 Å². The van der Waals surface area contributed by atoms with Crippen molar-refractivity contribution >= 4 is 30.4 Å². The molecule has 1 aliphatic carbocycles. The number of hydrogen-bond donors (Lipinski definition) is 3. The van der Waals surface area contributed by atoms with Crippen LogP contribution < -0.4 is 10.6 Å². The molecule has 3 N–H and O–H groups in total. The number of urea groups is 2. The maximum Gasteiger partial charge on any atom is 0.337 e. The number of imide groups is 1. The zero-order chi connectivity index (χ0) is 28.4. The van der Waals surface area contributed by atoms with Crippen molar-refractivity contribution in [3.05, 3.63) is 77.3 Å². The standard InChI is InChI=1S/C28H31F2N5O5.ClH/c1-40-25(36)20-15-32-26(37)35(24(20)17-5-6-21(29)22(30)14-17)27(38)33-18-9-13-34(16-18)19-7-10-28(39,11-8-19)23-4-2-3-12-31-23;/h2-6,12,14-15,18-19,24,39H,7-11,13,16H2,1H3,(H,32,37)(H,33,38);1H/t18-,19?,24+,28?;/m1./s1. The number of methoxy groups -OCH3 is 1. The summed E-state index contributed by atoms with van der Waals surface area (Å²) in [5, 5.41) is 16.3. The number of amides is 4. The molecule has 3 aliphatic rings. The summed E-state index contributed by atoms with van der Waals surface area (Å²) in [6, 6.07) is 5.48. The van der Waals surface area contributed by atoms with Gasteiger partial charge in [-0.1, -0.05) is 12.1 Å². The summed E-state index contributed by atoms with van der Waals surface area (Å²) in [6.07, 6.45) is 6.12. The molecule has 5 rings (SSSR count). The van der Waals surface area contributed by atoms with Crippen molar-refractivity contribution in [3.8, 4) is 0 Å². The molecule has 2 fully saturated rings. The lowest BCUT2D eigenvalue weighted by Crippen LogP contribution is -2.55. The molecular weight excluding hydrogens is 560 g/mol. The minimum absolute atomic E-state index is 0. The van der Waals surface area contributed by atoms with Crippen molar-refractivity contribution in [1.82, 2.24) is 25.4 Å². The fourth-order valence-corrected chi connectivity index (χ4v) is 5.87. The van der Waals surface area contributed by atoms with Crippen LogP contribution in [0.1, 0.15) is 49.4 Å². The lowest BCUT2D eigenvalue weighted by molar-refractivity contribution is -0.136. The highest BCUT2D eigenvalue weighted by molar-refractivity contribution is 6.00. The summed E-state index contributed by atoms with van der Waals surface area (Å²) in [5.41, 5.74) is -0.349. The average molecular weight is 592 g/mol. The summed E-state index contributed by atoms with van der Waals surface area (Å²) in [6.45, 7) is 1.27. The van der Waals surface area contributed by atoms with Crippen LogP contribution in [0.2, 0.25) is 0 Å². The van der Waals surface area contributed by atoms with Gasteiger partial charge in [-0.05, 0) is 61.9 Å². The number of halogens is 3. The number of ether oxygens (including phenoxy) is 1. The summed E-state index contributed by atoms with van der Waals surface area (Å²) >= 11 is 0. The fraction of sp³-hybridized carbons (Fsp3) is 0.429. The van der Waals surface area contributed by atoms with E-state index in [4.69, 9.17) is 4.74 Å². The minimum atomic E-state index is -1.32. The van der Waals surface area contributed by atoms with Crippen molar-refractivity contribution in [1.29, 1.82) is 0 Å². The van der Waals surface area contributed by atoms with E-state index in [2.05, 4.69) is 20.5 Å². The van der Waals surface area contributed by atoms with E-state index < -0.39 is 41.3 Å². The number of pyridine rings is 1. The number of esters is 1. The maximum atomic E-state index is 14.1. The number of aromatic nitrogens is 1. The largest absolute Gasteiger partial charge is 0.466 e. The van der Waals surface area contributed by atoms with Crippen LogP contribution in [0.25, 0.3) is 0 Å². The molecule has 1 saturated carbocycles. The van der Waals surface area contributed by atoms with Gasteiger partial charge in [0, 0.05) is 37.6 Å². The van der Waals surface area contributed by atoms with Gasteiger partial charge >= 0.3 is 18.0 Å². The highest BCUT2D eigenvalue weighted by Crippen LogP contribution is 2.38. The first-order valence-electron chi connectivity index (χ1n) is 13.2. The van der Waals surface area contributed by atoms with Gasteiger partial charge in [-0.2, -0.15) is 0 Å². The monoisotopic (exact) mass is 591 g/mol. The van der Waals surface area contributed by atoms with Gasteiger partial charge in [-0.25, -0.2) is 28.1 Å². The third-order valence-electron chi connectivity index (χ3n) is 8.01. The van der Waals surface area contributed by atoms with Crippen LogP contribution >= 0.6 is 12.4 Å². The SMILES string of the molecule is COC(=O)C1=CNC(=O)N(C(=O)N[C@@H]2CCN(C3CCC(O)(c4ccccn4)CC3)C2)[C@H]1c1ccc(F)c(F)c1.Cl. The normalized spacial score (nSPS) is 26.4. The molecule has 41 heavy (non-hydrogen) atoms. The molecule has 2 aromatic rings. The van der Waals surface area contributed by atoms with Crippen LogP contribution in [0.5, 0.6) is 0 Å². The number of likely N-dealkylation sites (tertiary alicyclic amines) is 1. The third kappa shape index (κ3) is 6.19. The van der Waals surface area contributed by atoms with Crippen LogP contribution in [-0.2, 0) is 15.1 Å². The number of rotatable bonds is 5. The number of nitrogens with one attached hydrogen (secondary N) is 2. The van der Waals surface area contributed by atoms with Gasteiger partial charge in [0.2, 0.25) is 0 Å². The smallest absolute Gasteiger partial charge is 0.337 e. The van der Waals surface area contributed by atoms with Crippen LogP contribution in [0, 0.1) is 11.6 Å². The van der Waals surface area contributed by atoms with Gasteiger partial charge in [-0.3, -0.25) is 9.88 Å². The molecule has 13 heteroatoms. The lowest BCUT2D eigenvalue weighted by atomic mass is 9.79. The molecule has 10 nitrogen and oxygen atoms in total. The third-order valence-corrected chi connectivity index (χ3v) is 8.01. The summed E-state index contributed by atoms with van der Waals surface area (Å²) < 4.78 is 32.5. The molecule has 0 spiro atoms. The Labute approximate surface area is 242 Å². The highest BCUT2D eigenvalue weighted by atomic mass is 35.5. The van der Waals surface area contributed by atoms with Crippen molar-refractivity contribution in [2.24, 2.45) is 0 Å². The lowest BCUT2D eigenvalue weighted by Gasteiger charge is -2.39. The predicted octanol–water partition coefficient (Wildman–Crippen LogP) is 3.52. The van der Waals surface area contributed by atoms with E-state index in [1.165, 1.54) is 6.07 Å². The number of aliphatic hydroxyl groups is 1. The van der Waals surface area contributed by atoms with E-state index in [1.807, 2.05) is 18.2 Å². The molecule has 3 heterocycles. The minimum Gasteiger partial charge on any atom is -0.466 e. The Morgan fingerprint density at radius 3 is 2.56 bits per heavy atom. The van der Waals surface area contributed by atoms with Crippen molar-refractivity contribution in [3.63, 3.8) is 0 Å². The van der Waals surface area contributed by atoms with Crippen LogP contribution in [0.15, 0.2) is 54.4 Å². The molecular formula is C28H32ClF2N5O5. The quantitative estimate of drug-likeness (QED) is 0.455. The molecule has 1 aromatic heterocycles. The zero-order valence-electron chi connectivity index (χ0n) is 22.4. The Bertz CT molecular complexity index is 1320. The summed E-state index contributed by atoms with van der Waals surface area (Å²) in [4.78, 5) is 46.1. The molecule has 0 radical (unpaired) electrons. The van der Waals surface area contributed by atoms with Crippen molar-refractivity contribution in [2.75, 3.05) is 20.2 Å². The van der Waals surface area contributed by atoms with Gasteiger partial charge < -0.3 is 20.5 Å². The van der Waals surface area contributed by atoms with Gasteiger partial charge in [0.25, 0.3) is 0 Å². The molecule has 1 saturated heterocycles. The molecule has 0 unspecified atom stereocenters. The highest BCUT2D eigenvalue weighted by Gasteiger charge is 2.42. The molecule has 2 aliphatic heterocycles. The van der Waals surface area contributed by atoms with E-state index in [9.17, 15) is 28.3 Å². The predicted molar refractivity (Wildman–Crippen MR) is 146 cm³/mol. The summed E-state index contributed by atoms with van der Waals surface area (Å²) in [5.74, 6) is -3.11. The van der Waals surface area contributed by atoms with Gasteiger partial charge in [0.05, 0.1) is 18.4 Å². The second-order valence-electron chi connectivity index (χ2n) is 10.4. The first-order chi connectivity index (χ1) is 19.2. The van der Waals surface area contributed by atoms with Crippen LogP contribution in [0.4, 0.5) is 18.4 Å². The maximum absolute atomic E-state index is 14.1. The van der Waals surface area contributed by atoms with E-state index in [0.717, 1.165) is 49.7 Å². The van der Waals surface area contributed by atoms with Gasteiger partial charge in [0.1, 0.15) is 11.6 Å². The topological polar surface area (TPSA) is 124 Å². The molecule has 220 valence electrons. The Hall–Kier alpha value is -3.61. The number of carbonyl (C=O) groups is 3. The number of benzene rings is 1. The van der Waals surface area contributed by atoms with Crippen LogP contribution in [-0.4, -0.2) is 70.2 Å². The van der Waals surface area contributed by atoms with E-state index in [0.29, 0.717) is 31.5 Å². The Morgan fingerprint density at radius 1 is 1.15 bits per heavy atom. The second-order valence-corrected chi connectivity index (χ2v) is 10.4. The van der Waals surface area contributed by atoms with Crippen molar-refractivity contribution in [2.45, 2.75) is 55.8 Å². The van der Waals surface area contributed by atoms with Crippen LogP contribution in [0.3, 0.4) is 0 Å². The fourth-order valence-electron chi connectivity index (χ4n) is 5.87. The van der Waals surface area contributed by atoms with Gasteiger partial charge in [0.15, 0.2) is 11.6 Å². The Morgan fingerprint density at radius 2 is 1.90 bits per heavy atom. The zero-order valence-corrected chi connectivity index (χ0v) is 23.2. The molecule has 1 aromatic carbocycles. The Kier molecular flexibility index (Phi) is 9.25. The number of nitrogens with zero attached hydrogens (tertiary/aromatic N) is 3. The van der Waals surface area contributed by atoms with E-state index >= 15 is 0 Å². The number of carbonyl (C=O) groups excluding carboxylic acids is 3. The molecule has 0 bridgehead atoms. The van der Waals surface area contributed by atoms with E-state index in [-0.39, 0.29) is 35.6 Å². The molecule has 4 amide bonds. The number of hydrogen-bond acceptors (Lipinski definition) is 7. The molecule has 2 atom stereocenters. The first-order valence-corrected chi connectivity index (χ1v) is 13.2. The first kappa shape index (κ1) is 30.4. The average Bonchev–Trinajstić information content (AvgIpc) is 3.43. The van der Waals surface area contributed by atoms with Gasteiger partial charge in [-0.15, -0.1) is 12.4 Å². The Balaban J connectivity index is 0.00000387. The summed E-state index contributed by atoms with van der Waals surface area (Å²) in [7, 11) is 1.14. The second kappa shape index (κ2) is 12.5. The van der Waals surface area contributed by atoms with Crippen molar-refractivity contribution < 1.29 is 33.0 Å².